The van der Waals surface area contributed by atoms with Crippen molar-refractivity contribution in [3.05, 3.63) is 0 Å². The number of carbonyl (C=O) groups is 1. The van der Waals surface area contributed by atoms with Crippen molar-refractivity contribution in [3.63, 3.8) is 0 Å². The maximum atomic E-state index is 11.9. The third kappa shape index (κ3) is 4.49. The van der Waals surface area contributed by atoms with Gasteiger partial charge in [0.15, 0.2) is 0 Å². The van der Waals surface area contributed by atoms with E-state index >= 15 is 0 Å². The molecule has 1 aliphatic heterocycles. The van der Waals surface area contributed by atoms with Crippen LogP contribution in [0.4, 0.5) is 0 Å². The smallest absolute Gasteiger partial charge is 0.224 e. The second-order valence-corrected chi connectivity index (χ2v) is 5.00. The van der Waals surface area contributed by atoms with Crippen molar-refractivity contribution < 1.29 is 9.53 Å². The molecule has 0 spiro atoms. The van der Waals surface area contributed by atoms with Crippen molar-refractivity contribution in [2.75, 3.05) is 33.4 Å². The van der Waals surface area contributed by atoms with Crippen LogP contribution in [0.2, 0.25) is 0 Å². The number of rotatable bonds is 5. The summed E-state index contributed by atoms with van der Waals surface area (Å²) >= 11 is 0. The SMILES string of the molecule is COCC(C)CNC(=O)C1CNCC(C)C1. The Balaban J connectivity index is 2.23. The van der Waals surface area contributed by atoms with E-state index in [0.717, 1.165) is 19.5 Å². The summed E-state index contributed by atoms with van der Waals surface area (Å²) in [6.07, 6.45) is 0.998. The predicted octanol–water partition coefficient (Wildman–Crippen LogP) is 0.631. The molecule has 2 N–H and O–H groups in total. The molecule has 1 rings (SSSR count). The molecule has 1 saturated heterocycles. The average Bonchev–Trinajstić information content (AvgIpc) is 2.26. The molecule has 16 heavy (non-hydrogen) atoms. The van der Waals surface area contributed by atoms with E-state index in [1.54, 1.807) is 7.11 Å². The van der Waals surface area contributed by atoms with Crippen LogP contribution in [-0.2, 0) is 9.53 Å². The van der Waals surface area contributed by atoms with Crippen molar-refractivity contribution in [3.8, 4) is 0 Å². The highest BCUT2D eigenvalue weighted by molar-refractivity contribution is 5.79. The molecule has 3 unspecified atom stereocenters. The fourth-order valence-electron chi connectivity index (χ4n) is 2.12. The number of carbonyl (C=O) groups excluding carboxylic acids is 1. The molecule has 0 aromatic heterocycles. The van der Waals surface area contributed by atoms with Gasteiger partial charge in [-0.1, -0.05) is 13.8 Å². The first-order chi connectivity index (χ1) is 7.63. The Hall–Kier alpha value is -0.610. The lowest BCUT2D eigenvalue weighted by Gasteiger charge is -2.27. The lowest BCUT2D eigenvalue weighted by Crippen LogP contribution is -2.44. The number of methoxy groups -OCH3 is 1. The van der Waals surface area contributed by atoms with Crippen LogP contribution in [0, 0.1) is 17.8 Å². The van der Waals surface area contributed by atoms with Gasteiger partial charge in [-0.15, -0.1) is 0 Å². The Kier molecular flexibility index (Phi) is 5.77. The van der Waals surface area contributed by atoms with Crippen molar-refractivity contribution in [1.82, 2.24) is 10.6 Å². The second-order valence-electron chi connectivity index (χ2n) is 5.00. The summed E-state index contributed by atoms with van der Waals surface area (Å²) < 4.78 is 5.03. The first-order valence-corrected chi connectivity index (χ1v) is 6.10. The van der Waals surface area contributed by atoms with Gasteiger partial charge >= 0.3 is 0 Å². The van der Waals surface area contributed by atoms with Crippen molar-refractivity contribution in [1.29, 1.82) is 0 Å². The maximum Gasteiger partial charge on any atom is 0.224 e. The molecular weight excluding hydrogens is 204 g/mol. The summed E-state index contributed by atoms with van der Waals surface area (Å²) in [5.74, 6) is 1.30. The van der Waals surface area contributed by atoms with Crippen LogP contribution in [0.15, 0.2) is 0 Å². The molecule has 3 atom stereocenters. The fraction of sp³-hybridized carbons (Fsp3) is 0.917. The van der Waals surface area contributed by atoms with E-state index in [2.05, 4.69) is 24.5 Å². The summed E-state index contributed by atoms with van der Waals surface area (Å²) in [7, 11) is 1.69. The van der Waals surface area contributed by atoms with Crippen molar-refractivity contribution >= 4 is 5.91 Å². The third-order valence-corrected chi connectivity index (χ3v) is 3.02. The largest absolute Gasteiger partial charge is 0.384 e. The molecule has 0 saturated carbocycles. The standard InChI is InChI=1S/C12H24N2O2/c1-9-4-11(7-13-5-9)12(15)14-6-10(2)8-16-3/h9-11,13H,4-8H2,1-3H3,(H,14,15). The van der Waals surface area contributed by atoms with Gasteiger partial charge in [-0.2, -0.15) is 0 Å². The zero-order valence-corrected chi connectivity index (χ0v) is 10.6. The van der Waals surface area contributed by atoms with E-state index in [0.29, 0.717) is 25.0 Å². The molecule has 0 bridgehead atoms. The molecule has 0 radical (unpaired) electrons. The van der Waals surface area contributed by atoms with Crippen LogP contribution in [0.3, 0.4) is 0 Å². The molecular formula is C12H24N2O2. The highest BCUT2D eigenvalue weighted by Gasteiger charge is 2.24. The van der Waals surface area contributed by atoms with Gasteiger partial charge in [-0.25, -0.2) is 0 Å². The van der Waals surface area contributed by atoms with Gasteiger partial charge in [0.05, 0.1) is 12.5 Å². The molecule has 1 fully saturated rings. The molecule has 94 valence electrons. The Bertz CT molecular complexity index is 221. The maximum absolute atomic E-state index is 11.9. The van der Waals surface area contributed by atoms with Gasteiger partial charge in [-0.05, 0) is 24.8 Å². The average molecular weight is 228 g/mol. The first kappa shape index (κ1) is 13.5. The summed E-state index contributed by atoms with van der Waals surface area (Å²) in [5, 5.41) is 6.29. The predicted molar refractivity (Wildman–Crippen MR) is 64.2 cm³/mol. The highest BCUT2D eigenvalue weighted by atomic mass is 16.5. The van der Waals surface area contributed by atoms with Crippen LogP contribution in [0.25, 0.3) is 0 Å². The molecule has 1 heterocycles. The number of hydrogen-bond acceptors (Lipinski definition) is 3. The van der Waals surface area contributed by atoms with Crippen LogP contribution >= 0.6 is 0 Å². The highest BCUT2D eigenvalue weighted by Crippen LogP contribution is 2.15. The van der Waals surface area contributed by atoms with E-state index in [-0.39, 0.29) is 11.8 Å². The molecule has 4 nitrogen and oxygen atoms in total. The van der Waals surface area contributed by atoms with Gasteiger partial charge in [-0.3, -0.25) is 4.79 Å². The van der Waals surface area contributed by atoms with E-state index in [1.807, 2.05) is 0 Å². The Morgan fingerprint density at radius 2 is 2.31 bits per heavy atom. The fourth-order valence-corrected chi connectivity index (χ4v) is 2.12. The summed E-state index contributed by atoms with van der Waals surface area (Å²) in [6.45, 7) is 7.50. The molecule has 0 aliphatic carbocycles. The summed E-state index contributed by atoms with van der Waals surface area (Å²) in [6, 6.07) is 0. The molecule has 0 aromatic carbocycles. The number of piperidine rings is 1. The van der Waals surface area contributed by atoms with Gasteiger partial charge in [0.2, 0.25) is 5.91 Å². The van der Waals surface area contributed by atoms with Gasteiger partial charge in [0, 0.05) is 20.2 Å². The quantitative estimate of drug-likeness (QED) is 0.725. The topological polar surface area (TPSA) is 50.4 Å². The molecule has 0 aromatic rings. The van der Waals surface area contributed by atoms with Crippen LogP contribution in [-0.4, -0.2) is 39.3 Å². The number of hydrogen-bond donors (Lipinski definition) is 2. The van der Waals surface area contributed by atoms with Crippen molar-refractivity contribution in [2.24, 2.45) is 17.8 Å². The Morgan fingerprint density at radius 1 is 1.56 bits per heavy atom. The number of nitrogens with one attached hydrogen (secondary N) is 2. The minimum atomic E-state index is 0.137. The van der Waals surface area contributed by atoms with Crippen LogP contribution in [0.1, 0.15) is 20.3 Å². The zero-order chi connectivity index (χ0) is 12.0. The van der Waals surface area contributed by atoms with Gasteiger partial charge in [0.1, 0.15) is 0 Å². The Morgan fingerprint density at radius 3 is 2.94 bits per heavy atom. The third-order valence-electron chi connectivity index (χ3n) is 3.02. The normalized spacial score (nSPS) is 27.4. The molecule has 1 aliphatic rings. The lowest BCUT2D eigenvalue weighted by molar-refractivity contribution is -0.126. The second kappa shape index (κ2) is 6.86. The lowest BCUT2D eigenvalue weighted by atomic mass is 9.91. The molecule has 4 heteroatoms. The van der Waals surface area contributed by atoms with E-state index in [4.69, 9.17) is 4.74 Å². The van der Waals surface area contributed by atoms with E-state index < -0.39 is 0 Å². The summed E-state index contributed by atoms with van der Waals surface area (Å²) in [4.78, 5) is 11.9. The van der Waals surface area contributed by atoms with E-state index in [1.165, 1.54) is 0 Å². The first-order valence-electron chi connectivity index (χ1n) is 6.10. The minimum Gasteiger partial charge on any atom is -0.384 e. The van der Waals surface area contributed by atoms with Crippen LogP contribution in [0.5, 0.6) is 0 Å². The number of ether oxygens (including phenoxy) is 1. The summed E-state index contributed by atoms with van der Waals surface area (Å²) in [5.41, 5.74) is 0. The van der Waals surface area contributed by atoms with E-state index in [9.17, 15) is 4.79 Å². The van der Waals surface area contributed by atoms with Gasteiger partial charge < -0.3 is 15.4 Å². The number of amides is 1. The monoisotopic (exact) mass is 228 g/mol. The Labute approximate surface area is 98.1 Å². The van der Waals surface area contributed by atoms with Crippen LogP contribution < -0.4 is 10.6 Å². The van der Waals surface area contributed by atoms with Gasteiger partial charge in [0.25, 0.3) is 0 Å². The zero-order valence-electron chi connectivity index (χ0n) is 10.6. The molecule has 1 amide bonds. The minimum absolute atomic E-state index is 0.137. The van der Waals surface area contributed by atoms with Crippen molar-refractivity contribution in [2.45, 2.75) is 20.3 Å².